The number of hydrogen-bond donors (Lipinski definition) is 5. The molecule has 14 heteroatoms. The van der Waals surface area contributed by atoms with Crippen LogP contribution in [0.3, 0.4) is 0 Å². The molecule has 6 heterocycles. The van der Waals surface area contributed by atoms with Crippen LogP contribution in [0.25, 0.3) is 64.8 Å². The maximum Gasteiger partial charge on any atom is 0.506 e. The highest BCUT2D eigenvalue weighted by Crippen LogP contribution is 2.28. The minimum atomic E-state index is -1.82. The molecule has 5 N–H and O–H groups in total. The van der Waals surface area contributed by atoms with E-state index in [4.69, 9.17) is 17.9 Å². The number of pyridine rings is 2. The number of benzene rings is 2. The van der Waals surface area contributed by atoms with E-state index in [-0.39, 0.29) is 5.59 Å². The number of carbonyl (C=O) groups excluding carboxylic acids is 1. The lowest BCUT2D eigenvalue weighted by atomic mass is 9.86. The van der Waals surface area contributed by atoms with E-state index < -0.39 is 18.8 Å². The summed E-state index contributed by atoms with van der Waals surface area (Å²) in [6.45, 7) is 19.2. The number of nitrogens with one attached hydrogen (secondary N) is 3. The van der Waals surface area contributed by atoms with Crippen LogP contribution < -0.4 is 5.59 Å². The standard InChI is InChI=1S/C16H10N4.C14H15BN2O4.C7H5BrN2/c1-17-13-2-3-14-11(7-13)8-15(20-14)12-6-10-4-5-18-16(10)19-9-12;1-14(2,3)21-13(18)17-11-6-5-10(16-4)7-9(11)8-12(17)15(19)20;8-6-3-5-1-2-9-7(5)10-4-6/h2-9,20H,(H,18,19);5-8,19-20H,1-3H3;1-4H,(H,9,10). The number of rotatable bonds is 2. The number of H-pyrrole nitrogens is 3. The number of aromatic nitrogens is 6. The van der Waals surface area contributed by atoms with Gasteiger partial charge in [-0.2, -0.15) is 0 Å². The largest absolute Gasteiger partial charge is 0.506 e. The van der Waals surface area contributed by atoms with Gasteiger partial charge in [0.05, 0.1) is 24.3 Å². The summed E-state index contributed by atoms with van der Waals surface area (Å²) < 4.78 is 7.40. The second kappa shape index (κ2) is 14.3. The van der Waals surface area contributed by atoms with Crippen molar-refractivity contribution in [3.8, 4) is 11.3 Å². The predicted molar refractivity (Wildman–Crippen MR) is 203 cm³/mol. The van der Waals surface area contributed by atoms with Crippen molar-refractivity contribution in [2.75, 3.05) is 0 Å². The maximum atomic E-state index is 12.3. The molecule has 51 heavy (non-hydrogen) atoms. The Bertz CT molecular complexity index is 2620. The SMILES string of the molecule is Brc1cnc2[nH]ccc2c1.[C-]#[N+]c1ccc2[nH]c(-c3cnc4[nH]ccc4c3)cc2c1.[C-]#[N+]c1ccc2c(c1)cc(B(O)O)n2C(=O)OC(C)(C)C. The van der Waals surface area contributed by atoms with Gasteiger partial charge in [-0.3, -0.25) is 4.57 Å². The minimum Gasteiger partial charge on any atom is -0.443 e. The number of aromatic amines is 3. The van der Waals surface area contributed by atoms with Crippen LogP contribution in [-0.4, -0.2) is 58.3 Å². The van der Waals surface area contributed by atoms with Gasteiger partial charge in [0.15, 0.2) is 11.4 Å². The lowest BCUT2D eigenvalue weighted by Gasteiger charge is -2.21. The second-order valence-corrected chi connectivity index (χ2v) is 13.3. The molecule has 8 rings (SSSR count). The highest BCUT2D eigenvalue weighted by atomic mass is 79.9. The number of hydrogen-bond acceptors (Lipinski definition) is 6. The van der Waals surface area contributed by atoms with Crippen LogP contribution in [0.5, 0.6) is 0 Å². The summed E-state index contributed by atoms with van der Waals surface area (Å²) in [5, 5.41) is 22.7. The zero-order chi connectivity index (χ0) is 36.3. The zero-order valence-electron chi connectivity index (χ0n) is 27.6. The minimum absolute atomic E-state index is 0.00128. The van der Waals surface area contributed by atoms with E-state index in [2.05, 4.69) is 62.7 Å². The Morgan fingerprint density at radius 1 is 0.824 bits per heavy atom. The maximum absolute atomic E-state index is 12.3. The van der Waals surface area contributed by atoms with Gasteiger partial charge in [0.1, 0.15) is 16.9 Å². The Kier molecular flexibility index (Phi) is 9.75. The zero-order valence-corrected chi connectivity index (χ0v) is 29.2. The summed E-state index contributed by atoms with van der Waals surface area (Å²) >= 11 is 3.34. The normalized spacial score (nSPS) is 11.0. The van der Waals surface area contributed by atoms with E-state index in [1.165, 1.54) is 6.07 Å². The molecule has 0 fully saturated rings. The van der Waals surface area contributed by atoms with Gasteiger partial charge in [0.25, 0.3) is 0 Å². The molecular weight excluding hydrogens is 711 g/mol. The summed E-state index contributed by atoms with van der Waals surface area (Å²) in [4.78, 5) is 37.0. The quantitative estimate of drug-likeness (QED) is 0.0889. The van der Waals surface area contributed by atoms with Crippen LogP contribution in [0.1, 0.15) is 20.8 Å². The van der Waals surface area contributed by atoms with Crippen molar-refractivity contribution >= 4 is 90.0 Å². The van der Waals surface area contributed by atoms with Crippen LogP contribution in [0.15, 0.2) is 102 Å². The van der Waals surface area contributed by atoms with Crippen LogP contribution in [0.4, 0.5) is 16.2 Å². The molecule has 252 valence electrons. The highest BCUT2D eigenvalue weighted by molar-refractivity contribution is 9.10. The third kappa shape index (κ3) is 7.85. The second-order valence-electron chi connectivity index (χ2n) is 12.4. The van der Waals surface area contributed by atoms with E-state index in [0.29, 0.717) is 22.3 Å². The number of ether oxygens (including phenoxy) is 1. The highest BCUT2D eigenvalue weighted by Gasteiger charge is 2.27. The van der Waals surface area contributed by atoms with E-state index >= 15 is 0 Å². The van der Waals surface area contributed by atoms with Crippen LogP contribution in [0, 0.1) is 13.1 Å². The molecule has 0 aliphatic heterocycles. The topological polar surface area (TPSA) is 154 Å². The Labute approximate surface area is 300 Å². The molecule has 0 unspecified atom stereocenters. The van der Waals surface area contributed by atoms with Crippen molar-refractivity contribution in [2.45, 2.75) is 26.4 Å². The average Bonchev–Trinajstić information content (AvgIpc) is 3.91. The van der Waals surface area contributed by atoms with Crippen molar-refractivity contribution < 1.29 is 19.6 Å². The number of nitrogens with zero attached hydrogens (tertiary/aromatic N) is 5. The molecule has 6 aromatic heterocycles. The summed E-state index contributed by atoms with van der Waals surface area (Å²) in [6, 6.07) is 22.0. The van der Waals surface area contributed by atoms with Crippen molar-refractivity contribution in [1.29, 1.82) is 0 Å². The van der Waals surface area contributed by atoms with Gasteiger partial charge in [-0.1, -0.05) is 12.1 Å². The van der Waals surface area contributed by atoms with Gasteiger partial charge in [-0.05, 0) is 108 Å². The van der Waals surface area contributed by atoms with Crippen molar-refractivity contribution in [2.24, 2.45) is 0 Å². The van der Waals surface area contributed by atoms with E-state index in [1.807, 2.05) is 55.0 Å². The third-order valence-corrected chi connectivity index (χ3v) is 8.03. The van der Waals surface area contributed by atoms with Crippen molar-refractivity contribution in [3.63, 3.8) is 0 Å². The summed E-state index contributed by atoms with van der Waals surface area (Å²) in [5.74, 6) is 0. The van der Waals surface area contributed by atoms with Crippen LogP contribution in [-0.2, 0) is 4.74 Å². The van der Waals surface area contributed by atoms with Gasteiger partial charge in [0, 0.05) is 56.8 Å². The molecule has 0 aliphatic carbocycles. The van der Waals surface area contributed by atoms with Gasteiger partial charge in [0.2, 0.25) is 0 Å². The Morgan fingerprint density at radius 2 is 1.45 bits per heavy atom. The summed E-state index contributed by atoms with van der Waals surface area (Å²) in [7, 11) is -1.82. The first-order valence-corrected chi connectivity index (χ1v) is 16.4. The number of halogens is 1. The first kappa shape index (κ1) is 34.7. The summed E-state index contributed by atoms with van der Waals surface area (Å²) in [6.07, 6.45) is 6.69. The van der Waals surface area contributed by atoms with Crippen LogP contribution in [0.2, 0.25) is 0 Å². The van der Waals surface area contributed by atoms with E-state index in [9.17, 15) is 14.8 Å². The van der Waals surface area contributed by atoms with Crippen LogP contribution >= 0.6 is 15.9 Å². The molecule has 0 radical (unpaired) electrons. The Hall–Kier alpha value is -6.19. The molecule has 0 spiro atoms. The Morgan fingerprint density at radius 3 is 2.10 bits per heavy atom. The first-order chi connectivity index (χ1) is 24.4. The molecule has 0 aliphatic rings. The molecule has 0 bridgehead atoms. The first-order valence-electron chi connectivity index (χ1n) is 15.6. The van der Waals surface area contributed by atoms with Gasteiger partial charge in [-0.25, -0.2) is 24.5 Å². The van der Waals surface area contributed by atoms with Crippen molar-refractivity contribution in [1.82, 2.24) is 29.5 Å². The van der Waals surface area contributed by atoms with E-state index in [1.54, 1.807) is 45.2 Å². The third-order valence-electron chi connectivity index (χ3n) is 7.59. The number of fused-ring (bicyclic) bond motifs is 4. The molecule has 8 aromatic rings. The van der Waals surface area contributed by atoms with Gasteiger partial charge in [-0.15, -0.1) is 0 Å². The van der Waals surface area contributed by atoms with Crippen molar-refractivity contribution in [3.05, 3.63) is 125 Å². The smallest absolute Gasteiger partial charge is 0.443 e. The van der Waals surface area contributed by atoms with Gasteiger partial charge >= 0.3 is 13.2 Å². The average molecular weight is 741 g/mol. The molecule has 0 saturated heterocycles. The Balaban J connectivity index is 0.000000139. The van der Waals surface area contributed by atoms with E-state index in [0.717, 1.165) is 53.3 Å². The fourth-order valence-electron chi connectivity index (χ4n) is 5.34. The monoisotopic (exact) mass is 740 g/mol. The lowest BCUT2D eigenvalue weighted by Crippen LogP contribution is -2.40. The molecule has 2 aromatic carbocycles. The fraction of sp³-hybridized carbons (Fsp3) is 0.108. The lowest BCUT2D eigenvalue weighted by molar-refractivity contribution is 0.0547. The summed E-state index contributed by atoms with van der Waals surface area (Å²) in [5.41, 5.74) is 5.72. The molecule has 0 atom stereocenters. The molecule has 0 saturated carbocycles. The molecule has 12 nitrogen and oxygen atoms in total. The predicted octanol–water partition coefficient (Wildman–Crippen LogP) is 8.24. The molecular formula is C37H30BBrN8O4. The number of carbonyl (C=O) groups is 1. The van der Waals surface area contributed by atoms with Gasteiger partial charge < -0.3 is 29.7 Å². The fourth-order valence-corrected chi connectivity index (χ4v) is 5.69. The molecule has 0 amide bonds.